The summed E-state index contributed by atoms with van der Waals surface area (Å²) in [6, 6.07) is 1.76. The molecule has 0 radical (unpaired) electrons. The molecule has 7 heteroatoms. The van der Waals surface area contributed by atoms with E-state index in [0.717, 1.165) is 19.5 Å². The summed E-state index contributed by atoms with van der Waals surface area (Å²) in [5, 5.41) is 12.4. The Hall–Kier alpha value is -1.11. The third-order valence-corrected chi connectivity index (χ3v) is 3.15. The molecule has 3 N–H and O–H groups in total. The number of hydrogen-bond donors (Lipinski definition) is 3. The Bertz CT molecular complexity index is 385. The van der Waals surface area contributed by atoms with Crippen LogP contribution >= 0.6 is 23.7 Å². The maximum absolute atomic E-state index is 11.6. The monoisotopic (exact) mass is 319 g/mol. The van der Waals surface area contributed by atoms with Crippen LogP contribution in [-0.4, -0.2) is 38.0 Å². The molecular weight excluding hydrogens is 298 g/mol. The van der Waals surface area contributed by atoms with Crippen molar-refractivity contribution in [2.24, 2.45) is 0 Å². The lowest BCUT2D eigenvalue weighted by Crippen LogP contribution is -2.34. The van der Waals surface area contributed by atoms with Gasteiger partial charge in [0.1, 0.15) is 0 Å². The maximum Gasteiger partial charge on any atom is 0.252 e. The number of amides is 2. The molecule has 0 aliphatic carbocycles. The molecule has 1 rings (SSSR count). The lowest BCUT2D eigenvalue weighted by Gasteiger charge is -2.06. The van der Waals surface area contributed by atoms with Gasteiger partial charge < -0.3 is 16.0 Å². The summed E-state index contributed by atoms with van der Waals surface area (Å²) < 4.78 is 0. The summed E-state index contributed by atoms with van der Waals surface area (Å²) in [6.07, 6.45) is 1.40. The average molecular weight is 320 g/mol. The smallest absolute Gasteiger partial charge is 0.252 e. The first kappa shape index (κ1) is 18.9. The SMILES string of the molecule is CCCNCCNC(=O)CCNC(=O)c1ccsc1.Cl. The fourth-order valence-electron chi connectivity index (χ4n) is 1.47. The normalized spacial score (nSPS) is 9.65. The van der Waals surface area contributed by atoms with Crippen molar-refractivity contribution in [1.29, 1.82) is 0 Å². The molecule has 0 bridgehead atoms. The van der Waals surface area contributed by atoms with E-state index in [4.69, 9.17) is 0 Å². The average Bonchev–Trinajstić information content (AvgIpc) is 2.92. The predicted molar refractivity (Wildman–Crippen MR) is 84.7 cm³/mol. The molecular formula is C13H22ClN3O2S. The molecule has 1 aromatic heterocycles. The van der Waals surface area contributed by atoms with Crippen LogP contribution in [0.15, 0.2) is 16.8 Å². The highest BCUT2D eigenvalue weighted by molar-refractivity contribution is 7.08. The van der Waals surface area contributed by atoms with Gasteiger partial charge in [0.2, 0.25) is 5.91 Å². The zero-order valence-corrected chi connectivity index (χ0v) is 13.2. The first-order valence-electron chi connectivity index (χ1n) is 6.52. The summed E-state index contributed by atoms with van der Waals surface area (Å²) in [4.78, 5) is 23.0. The number of halogens is 1. The zero-order valence-electron chi connectivity index (χ0n) is 11.6. The van der Waals surface area contributed by atoms with Crippen LogP contribution in [0.5, 0.6) is 0 Å². The van der Waals surface area contributed by atoms with Gasteiger partial charge in [0.05, 0.1) is 0 Å². The summed E-state index contributed by atoms with van der Waals surface area (Å²) in [5.74, 6) is -0.164. The molecule has 0 spiro atoms. The Morgan fingerprint density at radius 3 is 2.60 bits per heavy atom. The summed E-state index contributed by atoms with van der Waals surface area (Å²) in [7, 11) is 0. The van der Waals surface area contributed by atoms with E-state index in [2.05, 4.69) is 22.9 Å². The van der Waals surface area contributed by atoms with Crippen LogP contribution in [0.3, 0.4) is 0 Å². The second kappa shape index (κ2) is 11.7. The highest BCUT2D eigenvalue weighted by atomic mass is 35.5. The Labute approximate surface area is 129 Å². The van der Waals surface area contributed by atoms with Crippen molar-refractivity contribution >= 4 is 35.6 Å². The van der Waals surface area contributed by atoms with Gasteiger partial charge in [-0.3, -0.25) is 9.59 Å². The molecule has 0 saturated carbocycles. The molecule has 0 unspecified atom stereocenters. The van der Waals surface area contributed by atoms with Crippen LogP contribution in [0.2, 0.25) is 0 Å². The fourth-order valence-corrected chi connectivity index (χ4v) is 2.10. The number of hydrogen-bond acceptors (Lipinski definition) is 4. The fraction of sp³-hybridized carbons (Fsp3) is 0.538. The molecule has 20 heavy (non-hydrogen) atoms. The molecule has 2 amide bonds. The van der Waals surface area contributed by atoms with Crippen molar-refractivity contribution in [3.63, 3.8) is 0 Å². The topological polar surface area (TPSA) is 70.2 Å². The molecule has 1 heterocycles. The second-order valence-corrected chi connectivity index (χ2v) is 4.90. The minimum atomic E-state index is -0.126. The second-order valence-electron chi connectivity index (χ2n) is 4.12. The molecule has 5 nitrogen and oxygen atoms in total. The van der Waals surface area contributed by atoms with Gasteiger partial charge >= 0.3 is 0 Å². The van der Waals surface area contributed by atoms with Gasteiger partial charge in [0, 0.05) is 37.0 Å². The molecule has 0 aliphatic rings. The Balaban J connectivity index is 0.00000361. The van der Waals surface area contributed by atoms with E-state index in [1.165, 1.54) is 11.3 Å². The van der Waals surface area contributed by atoms with Crippen LogP contribution < -0.4 is 16.0 Å². The molecule has 114 valence electrons. The molecule has 0 atom stereocenters. The van der Waals surface area contributed by atoms with Gasteiger partial charge in [0.15, 0.2) is 0 Å². The number of rotatable bonds is 9. The van der Waals surface area contributed by atoms with Gasteiger partial charge in [-0.25, -0.2) is 0 Å². The molecule has 0 aromatic carbocycles. The number of carbonyl (C=O) groups excluding carboxylic acids is 2. The first-order chi connectivity index (χ1) is 9.24. The largest absolute Gasteiger partial charge is 0.355 e. The summed E-state index contributed by atoms with van der Waals surface area (Å²) >= 11 is 1.48. The van der Waals surface area contributed by atoms with E-state index in [0.29, 0.717) is 25.1 Å². The van der Waals surface area contributed by atoms with E-state index >= 15 is 0 Å². The van der Waals surface area contributed by atoms with Crippen LogP contribution in [-0.2, 0) is 4.79 Å². The Morgan fingerprint density at radius 1 is 1.15 bits per heavy atom. The molecule has 0 saturated heterocycles. The van der Waals surface area contributed by atoms with Gasteiger partial charge in [-0.15, -0.1) is 12.4 Å². The Kier molecular flexibility index (Phi) is 11.0. The summed E-state index contributed by atoms with van der Waals surface area (Å²) in [6.45, 7) is 4.83. The maximum atomic E-state index is 11.6. The first-order valence-corrected chi connectivity index (χ1v) is 7.46. The van der Waals surface area contributed by atoms with Gasteiger partial charge in [-0.2, -0.15) is 11.3 Å². The van der Waals surface area contributed by atoms with Crippen molar-refractivity contribution < 1.29 is 9.59 Å². The lowest BCUT2D eigenvalue weighted by atomic mass is 10.3. The van der Waals surface area contributed by atoms with Crippen LogP contribution in [0.1, 0.15) is 30.1 Å². The van der Waals surface area contributed by atoms with Gasteiger partial charge in [-0.1, -0.05) is 6.92 Å². The van der Waals surface area contributed by atoms with Crippen LogP contribution in [0, 0.1) is 0 Å². The number of carbonyl (C=O) groups is 2. The molecule has 0 aliphatic heterocycles. The minimum Gasteiger partial charge on any atom is -0.355 e. The van der Waals surface area contributed by atoms with E-state index in [-0.39, 0.29) is 24.2 Å². The van der Waals surface area contributed by atoms with Crippen LogP contribution in [0.4, 0.5) is 0 Å². The number of nitrogens with one attached hydrogen (secondary N) is 3. The van der Waals surface area contributed by atoms with E-state index in [1.807, 2.05) is 5.38 Å². The highest BCUT2D eigenvalue weighted by Gasteiger charge is 2.06. The quantitative estimate of drug-likeness (QED) is 0.603. The van der Waals surface area contributed by atoms with Crippen molar-refractivity contribution in [2.45, 2.75) is 19.8 Å². The van der Waals surface area contributed by atoms with E-state index in [1.54, 1.807) is 11.4 Å². The van der Waals surface area contributed by atoms with Gasteiger partial charge in [0.25, 0.3) is 5.91 Å². The van der Waals surface area contributed by atoms with Crippen molar-refractivity contribution in [3.05, 3.63) is 22.4 Å². The number of thiophene rings is 1. The van der Waals surface area contributed by atoms with E-state index in [9.17, 15) is 9.59 Å². The third-order valence-electron chi connectivity index (χ3n) is 2.47. The highest BCUT2D eigenvalue weighted by Crippen LogP contribution is 2.04. The molecule has 0 fully saturated rings. The van der Waals surface area contributed by atoms with Crippen molar-refractivity contribution in [2.75, 3.05) is 26.2 Å². The van der Waals surface area contributed by atoms with Gasteiger partial charge in [-0.05, 0) is 24.4 Å². The third kappa shape index (κ3) is 8.14. The van der Waals surface area contributed by atoms with Crippen molar-refractivity contribution in [3.8, 4) is 0 Å². The zero-order chi connectivity index (χ0) is 13.9. The van der Waals surface area contributed by atoms with Crippen LogP contribution in [0.25, 0.3) is 0 Å². The predicted octanol–water partition coefficient (Wildman–Crippen LogP) is 1.41. The molecule has 1 aromatic rings. The summed E-state index contributed by atoms with van der Waals surface area (Å²) in [5.41, 5.74) is 0.647. The van der Waals surface area contributed by atoms with E-state index < -0.39 is 0 Å². The standard InChI is InChI=1S/C13H21N3O2S.ClH/c1-2-5-14-7-8-15-12(17)3-6-16-13(18)11-4-9-19-10-11;/h4,9-10,14H,2-3,5-8H2,1H3,(H,15,17)(H,16,18);1H. The lowest BCUT2D eigenvalue weighted by molar-refractivity contribution is -0.120. The Morgan fingerprint density at radius 2 is 1.95 bits per heavy atom. The van der Waals surface area contributed by atoms with Crippen molar-refractivity contribution in [1.82, 2.24) is 16.0 Å². The minimum absolute atomic E-state index is 0.